The van der Waals surface area contributed by atoms with Gasteiger partial charge in [-0.05, 0) is 12.8 Å². The molecule has 0 aromatic heterocycles. The number of amides is 2. The van der Waals surface area contributed by atoms with Crippen LogP contribution in [0.2, 0.25) is 0 Å². The van der Waals surface area contributed by atoms with Crippen LogP contribution in [0.4, 0.5) is 0 Å². The van der Waals surface area contributed by atoms with Crippen molar-refractivity contribution in [2.75, 3.05) is 46.2 Å². The zero-order chi connectivity index (χ0) is 17.2. The molecule has 8 nitrogen and oxygen atoms in total. The highest BCUT2D eigenvalue weighted by Gasteiger charge is 2.38. The second-order valence-electron chi connectivity index (χ2n) is 5.04. The van der Waals surface area contributed by atoms with Crippen LogP contribution in [-0.4, -0.2) is 69.4 Å². The molecule has 0 spiro atoms. The zero-order valence-corrected chi connectivity index (χ0v) is 13.4. The molecule has 132 valence electrons. The number of aldehydes is 1. The molecule has 0 saturated carbocycles. The molecule has 0 fully saturated rings. The Morgan fingerprint density at radius 1 is 0.958 bits per heavy atom. The van der Waals surface area contributed by atoms with Crippen molar-refractivity contribution in [1.29, 1.82) is 0 Å². The Morgan fingerprint density at radius 3 is 2.29 bits per heavy atom. The minimum atomic E-state index is -0.412. The molecule has 0 aromatic rings. The average Bonchev–Trinajstić information content (AvgIpc) is 2.84. The molecular formula is C16H21NO7. The summed E-state index contributed by atoms with van der Waals surface area (Å²) in [5.41, 5.74) is 0.950. The van der Waals surface area contributed by atoms with E-state index in [1.54, 1.807) is 6.08 Å². The largest absolute Gasteiger partial charge is 0.377 e. The molecule has 0 aromatic carbocycles. The van der Waals surface area contributed by atoms with Crippen LogP contribution >= 0.6 is 0 Å². The van der Waals surface area contributed by atoms with Gasteiger partial charge >= 0.3 is 0 Å². The molecule has 0 saturated heterocycles. The van der Waals surface area contributed by atoms with Gasteiger partial charge in [0.15, 0.2) is 0 Å². The first kappa shape index (κ1) is 18.5. The van der Waals surface area contributed by atoms with Crippen molar-refractivity contribution in [2.24, 2.45) is 0 Å². The summed E-state index contributed by atoms with van der Waals surface area (Å²) in [6.07, 6.45) is 5.56. The van der Waals surface area contributed by atoms with Crippen LogP contribution in [0.5, 0.6) is 0 Å². The lowest BCUT2D eigenvalue weighted by molar-refractivity contribution is -0.189. The van der Waals surface area contributed by atoms with E-state index in [0.717, 1.165) is 11.5 Å². The third-order valence-electron chi connectivity index (χ3n) is 3.41. The number of carbonyl (C=O) groups is 3. The lowest BCUT2D eigenvalue weighted by atomic mass is 10.00. The van der Waals surface area contributed by atoms with E-state index in [-0.39, 0.29) is 25.7 Å². The molecule has 1 aliphatic carbocycles. The van der Waals surface area contributed by atoms with Crippen LogP contribution < -0.4 is 0 Å². The maximum absolute atomic E-state index is 12.1. The molecule has 0 radical (unpaired) electrons. The van der Waals surface area contributed by atoms with Crippen LogP contribution in [0.3, 0.4) is 0 Å². The summed E-state index contributed by atoms with van der Waals surface area (Å²) in [5, 5.41) is 0.810. The maximum Gasteiger partial charge on any atom is 0.285 e. The first-order valence-electron chi connectivity index (χ1n) is 7.84. The number of hydrogen-bond acceptors (Lipinski definition) is 7. The first-order chi connectivity index (χ1) is 11.8. The monoisotopic (exact) mass is 339 g/mol. The number of carbonyl (C=O) groups excluding carboxylic acids is 3. The average molecular weight is 339 g/mol. The van der Waals surface area contributed by atoms with Gasteiger partial charge in [-0.1, -0.05) is 12.2 Å². The number of hydrogen-bond donors (Lipinski definition) is 0. The molecule has 2 amide bonds. The van der Waals surface area contributed by atoms with Gasteiger partial charge in [-0.15, -0.1) is 5.06 Å². The van der Waals surface area contributed by atoms with E-state index >= 15 is 0 Å². The topological polar surface area (TPSA) is 91.4 Å². The molecule has 24 heavy (non-hydrogen) atoms. The Morgan fingerprint density at radius 2 is 1.62 bits per heavy atom. The zero-order valence-electron chi connectivity index (χ0n) is 13.4. The van der Waals surface area contributed by atoms with Crippen molar-refractivity contribution in [3.63, 3.8) is 0 Å². The van der Waals surface area contributed by atoms with E-state index in [4.69, 9.17) is 19.0 Å². The summed E-state index contributed by atoms with van der Waals surface area (Å²) in [6.45, 7) is 1.89. The van der Waals surface area contributed by atoms with Crippen LogP contribution in [0, 0.1) is 0 Å². The normalized spacial score (nSPS) is 16.9. The highest BCUT2D eigenvalue weighted by molar-refractivity contribution is 6.20. The van der Waals surface area contributed by atoms with E-state index in [0.29, 0.717) is 50.3 Å². The number of hydroxylamine groups is 2. The Hall–Kier alpha value is -1.87. The lowest BCUT2D eigenvalue weighted by Gasteiger charge is -2.14. The van der Waals surface area contributed by atoms with E-state index in [2.05, 4.69) is 0 Å². The summed E-state index contributed by atoms with van der Waals surface area (Å²) in [5.74, 6) is -0.789. The summed E-state index contributed by atoms with van der Waals surface area (Å²) in [6, 6.07) is 0. The van der Waals surface area contributed by atoms with Gasteiger partial charge in [0.05, 0.1) is 45.2 Å². The van der Waals surface area contributed by atoms with Gasteiger partial charge in [0.25, 0.3) is 11.8 Å². The van der Waals surface area contributed by atoms with Crippen LogP contribution in [-0.2, 0) is 33.4 Å². The maximum atomic E-state index is 12.1. The predicted octanol–water partition coefficient (Wildman–Crippen LogP) is 0.182. The Bertz CT molecular complexity index is 527. The van der Waals surface area contributed by atoms with Crippen LogP contribution in [0.15, 0.2) is 23.3 Å². The fourth-order valence-corrected chi connectivity index (χ4v) is 2.29. The number of nitrogens with zero attached hydrogens (tertiary/aromatic N) is 1. The van der Waals surface area contributed by atoms with E-state index in [1.165, 1.54) is 0 Å². The third-order valence-corrected chi connectivity index (χ3v) is 3.41. The minimum absolute atomic E-state index is 0.0687. The highest BCUT2D eigenvalue weighted by Crippen LogP contribution is 2.28. The molecule has 2 rings (SSSR count). The fourth-order valence-electron chi connectivity index (χ4n) is 2.29. The van der Waals surface area contributed by atoms with Crippen molar-refractivity contribution >= 4 is 18.1 Å². The molecule has 1 aliphatic heterocycles. The number of imide groups is 1. The molecule has 0 atom stereocenters. The highest BCUT2D eigenvalue weighted by atomic mass is 16.7. The van der Waals surface area contributed by atoms with Gasteiger partial charge in [-0.25, -0.2) is 0 Å². The van der Waals surface area contributed by atoms with Gasteiger partial charge in [-0.2, -0.15) is 0 Å². The fraction of sp³-hybridized carbons (Fsp3) is 0.562. The number of ether oxygens (including phenoxy) is 3. The standard InChI is InChI=1S/C16H21NO7/c18-5-6-21-7-8-22-9-10-23-11-12-24-17-15(19)13-3-1-2-4-14(13)16(17)20/h1,3,5H,2,4,6-12H2. The van der Waals surface area contributed by atoms with Crippen molar-refractivity contribution < 1.29 is 33.4 Å². The second kappa shape index (κ2) is 10.1. The third kappa shape index (κ3) is 5.07. The van der Waals surface area contributed by atoms with Crippen LogP contribution in [0.25, 0.3) is 0 Å². The molecule has 0 N–H and O–H groups in total. The van der Waals surface area contributed by atoms with Gasteiger partial charge in [0, 0.05) is 5.57 Å². The SMILES string of the molecule is O=CCOCCOCCOCCON1C(=O)C2=C(CCC=C2)C1=O. The van der Waals surface area contributed by atoms with Crippen LogP contribution in [0.1, 0.15) is 12.8 Å². The quantitative estimate of drug-likeness (QED) is 0.285. The van der Waals surface area contributed by atoms with Gasteiger partial charge in [0.2, 0.25) is 0 Å². The predicted molar refractivity (Wildman–Crippen MR) is 81.7 cm³/mol. The van der Waals surface area contributed by atoms with Gasteiger partial charge in [-0.3, -0.25) is 14.4 Å². The smallest absolute Gasteiger partial charge is 0.285 e. The summed E-state index contributed by atoms with van der Waals surface area (Å²) in [7, 11) is 0. The van der Waals surface area contributed by atoms with E-state index in [1.807, 2.05) is 6.08 Å². The van der Waals surface area contributed by atoms with Crippen molar-refractivity contribution in [3.05, 3.63) is 23.3 Å². The molecule has 0 unspecified atom stereocenters. The Labute approximate surface area is 139 Å². The number of allylic oxidation sites excluding steroid dienone is 1. The summed E-state index contributed by atoms with van der Waals surface area (Å²) >= 11 is 0. The van der Waals surface area contributed by atoms with Crippen molar-refractivity contribution in [2.45, 2.75) is 12.8 Å². The molecule has 1 heterocycles. The second-order valence-corrected chi connectivity index (χ2v) is 5.04. The Kier molecular flexibility index (Phi) is 7.76. The van der Waals surface area contributed by atoms with E-state index in [9.17, 15) is 14.4 Å². The molecular weight excluding hydrogens is 318 g/mol. The molecule has 0 bridgehead atoms. The van der Waals surface area contributed by atoms with E-state index < -0.39 is 5.91 Å². The lowest BCUT2D eigenvalue weighted by Crippen LogP contribution is -2.33. The van der Waals surface area contributed by atoms with Crippen molar-refractivity contribution in [3.8, 4) is 0 Å². The van der Waals surface area contributed by atoms with Gasteiger partial charge < -0.3 is 19.0 Å². The summed E-state index contributed by atoms with van der Waals surface area (Å²) in [4.78, 5) is 39.3. The first-order valence-corrected chi connectivity index (χ1v) is 7.84. The van der Waals surface area contributed by atoms with Gasteiger partial charge in [0.1, 0.15) is 12.9 Å². The number of rotatable bonds is 12. The Balaban J connectivity index is 1.51. The molecule has 8 heteroatoms. The van der Waals surface area contributed by atoms with Crippen molar-refractivity contribution in [1.82, 2.24) is 5.06 Å². The minimum Gasteiger partial charge on any atom is -0.377 e. The summed E-state index contributed by atoms with van der Waals surface area (Å²) < 4.78 is 15.4. The molecule has 2 aliphatic rings.